The number of ether oxygens (including phenoxy) is 2. The molecule has 1 aromatic rings. The first kappa shape index (κ1) is 17.2. The Morgan fingerprint density at radius 3 is 2.20 bits per heavy atom. The third kappa shape index (κ3) is 6.04. The Bertz CT molecular complexity index is 362. The Labute approximate surface area is 123 Å². The minimum absolute atomic E-state index is 0.0997. The fourth-order valence-corrected chi connectivity index (χ4v) is 2.24. The van der Waals surface area contributed by atoms with Gasteiger partial charge in [0, 0.05) is 26.8 Å². The van der Waals surface area contributed by atoms with E-state index in [-0.39, 0.29) is 6.10 Å². The fourth-order valence-electron chi connectivity index (χ4n) is 2.24. The SMILES string of the molecule is COCC(CNC(C)c1ccc(CC(C)C)cc1)OC. The molecule has 0 spiro atoms. The zero-order valence-electron chi connectivity index (χ0n) is 13.5. The summed E-state index contributed by atoms with van der Waals surface area (Å²) >= 11 is 0. The van der Waals surface area contributed by atoms with Gasteiger partial charge in [0.25, 0.3) is 0 Å². The molecule has 0 bridgehead atoms. The van der Waals surface area contributed by atoms with Crippen molar-refractivity contribution in [3.05, 3.63) is 35.4 Å². The topological polar surface area (TPSA) is 30.5 Å². The van der Waals surface area contributed by atoms with E-state index < -0.39 is 0 Å². The van der Waals surface area contributed by atoms with Crippen LogP contribution in [0.15, 0.2) is 24.3 Å². The van der Waals surface area contributed by atoms with Crippen LogP contribution in [0.3, 0.4) is 0 Å². The van der Waals surface area contributed by atoms with Crippen LogP contribution in [0.5, 0.6) is 0 Å². The van der Waals surface area contributed by atoms with Crippen LogP contribution in [0.25, 0.3) is 0 Å². The standard InChI is InChI=1S/C17H29NO2/c1-13(2)10-15-6-8-16(9-7-15)14(3)18-11-17(20-5)12-19-4/h6-9,13-14,17-18H,10-12H2,1-5H3. The molecule has 0 fully saturated rings. The maximum atomic E-state index is 5.35. The van der Waals surface area contributed by atoms with E-state index in [0.29, 0.717) is 18.6 Å². The predicted octanol–water partition coefficient (Wildman–Crippen LogP) is 3.20. The van der Waals surface area contributed by atoms with Crippen LogP contribution in [0.1, 0.15) is 37.9 Å². The van der Waals surface area contributed by atoms with E-state index in [1.807, 2.05) is 0 Å². The molecule has 1 rings (SSSR count). The van der Waals surface area contributed by atoms with Crippen LogP contribution in [0.2, 0.25) is 0 Å². The first-order valence-corrected chi connectivity index (χ1v) is 7.40. The maximum Gasteiger partial charge on any atom is 0.0928 e. The predicted molar refractivity (Wildman–Crippen MR) is 84.1 cm³/mol. The largest absolute Gasteiger partial charge is 0.382 e. The van der Waals surface area contributed by atoms with E-state index in [1.54, 1.807) is 14.2 Å². The minimum Gasteiger partial charge on any atom is -0.382 e. The molecule has 0 aromatic heterocycles. The highest BCUT2D eigenvalue weighted by Gasteiger charge is 2.10. The molecule has 0 aliphatic rings. The van der Waals surface area contributed by atoms with Crippen LogP contribution in [0.4, 0.5) is 0 Å². The van der Waals surface area contributed by atoms with Crippen LogP contribution in [-0.4, -0.2) is 33.5 Å². The summed E-state index contributed by atoms with van der Waals surface area (Å²) < 4.78 is 10.5. The summed E-state index contributed by atoms with van der Waals surface area (Å²) in [7, 11) is 3.42. The molecule has 1 aromatic carbocycles. The summed E-state index contributed by atoms with van der Waals surface area (Å²) in [6, 6.07) is 9.21. The van der Waals surface area contributed by atoms with Gasteiger partial charge in [-0.25, -0.2) is 0 Å². The molecular formula is C17H29NO2. The first-order chi connectivity index (χ1) is 9.56. The monoisotopic (exact) mass is 279 g/mol. The third-order valence-corrected chi connectivity index (χ3v) is 3.46. The summed E-state index contributed by atoms with van der Waals surface area (Å²) in [5, 5.41) is 3.49. The van der Waals surface area contributed by atoms with Crippen molar-refractivity contribution in [1.82, 2.24) is 5.32 Å². The number of benzene rings is 1. The second-order valence-corrected chi connectivity index (χ2v) is 5.78. The van der Waals surface area contributed by atoms with Gasteiger partial charge < -0.3 is 14.8 Å². The lowest BCUT2D eigenvalue weighted by atomic mass is 10.00. The molecule has 2 atom stereocenters. The third-order valence-electron chi connectivity index (χ3n) is 3.46. The van der Waals surface area contributed by atoms with Crippen LogP contribution in [-0.2, 0) is 15.9 Å². The van der Waals surface area contributed by atoms with Crippen molar-refractivity contribution in [3.63, 3.8) is 0 Å². The number of methoxy groups -OCH3 is 2. The van der Waals surface area contributed by atoms with Crippen molar-refractivity contribution in [3.8, 4) is 0 Å². The van der Waals surface area contributed by atoms with Gasteiger partial charge in [-0.05, 0) is 30.4 Å². The molecule has 0 aliphatic carbocycles. The molecule has 3 heteroatoms. The molecular weight excluding hydrogens is 250 g/mol. The normalized spacial score (nSPS) is 14.5. The van der Waals surface area contributed by atoms with Gasteiger partial charge in [0.05, 0.1) is 12.7 Å². The molecule has 0 heterocycles. The summed E-state index contributed by atoms with van der Waals surface area (Å²) in [6.45, 7) is 8.08. The van der Waals surface area contributed by atoms with Gasteiger partial charge in [0.2, 0.25) is 0 Å². The Hall–Kier alpha value is -0.900. The maximum absolute atomic E-state index is 5.35. The van der Waals surface area contributed by atoms with Crippen molar-refractivity contribution >= 4 is 0 Å². The molecule has 2 unspecified atom stereocenters. The minimum atomic E-state index is 0.0997. The second-order valence-electron chi connectivity index (χ2n) is 5.78. The molecule has 114 valence electrons. The second kappa shape index (κ2) is 9.11. The molecule has 0 radical (unpaired) electrons. The average molecular weight is 279 g/mol. The first-order valence-electron chi connectivity index (χ1n) is 7.40. The van der Waals surface area contributed by atoms with E-state index in [9.17, 15) is 0 Å². The van der Waals surface area contributed by atoms with Crippen molar-refractivity contribution in [2.45, 2.75) is 39.3 Å². The summed E-state index contributed by atoms with van der Waals surface area (Å²) in [6.07, 6.45) is 1.24. The number of nitrogens with one attached hydrogen (secondary N) is 1. The van der Waals surface area contributed by atoms with Crippen LogP contribution >= 0.6 is 0 Å². The molecule has 0 saturated carbocycles. The highest BCUT2D eigenvalue weighted by molar-refractivity contribution is 5.25. The van der Waals surface area contributed by atoms with Gasteiger partial charge in [-0.15, -0.1) is 0 Å². The number of hydrogen-bond acceptors (Lipinski definition) is 3. The Morgan fingerprint density at radius 1 is 1.05 bits per heavy atom. The molecule has 0 amide bonds. The van der Waals surface area contributed by atoms with E-state index in [1.165, 1.54) is 11.1 Å². The van der Waals surface area contributed by atoms with Gasteiger partial charge in [0.1, 0.15) is 0 Å². The number of hydrogen-bond donors (Lipinski definition) is 1. The highest BCUT2D eigenvalue weighted by atomic mass is 16.5. The van der Waals surface area contributed by atoms with Crippen molar-refractivity contribution in [2.24, 2.45) is 5.92 Å². The Balaban J connectivity index is 2.48. The van der Waals surface area contributed by atoms with Crippen molar-refractivity contribution < 1.29 is 9.47 Å². The van der Waals surface area contributed by atoms with E-state index in [0.717, 1.165) is 13.0 Å². The van der Waals surface area contributed by atoms with E-state index in [4.69, 9.17) is 9.47 Å². The van der Waals surface area contributed by atoms with Crippen LogP contribution < -0.4 is 5.32 Å². The quantitative estimate of drug-likeness (QED) is 0.753. The van der Waals surface area contributed by atoms with Gasteiger partial charge in [-0.3, -0.25) is 0 Å². The summed E-state index contributed by atoms with van der Waals surface area (Å²) in [4.78, 5) is 0. The van der Waals surface area contributed by atoms with Gasteiger partial charge in [-0.2, -0.15) is 0 Å². The molecule has 20 heavy (non-hydrogen) atoms. The van der Waals surface area contributed by atoms with E-state index in [2.05, 4.69) is 50.4 Å². The fraction of sp³-hybridized carbons (Fsp3) is 0.647. The molecule has 0 aliphatic heterocycles. The van der Waals surface area contributed by atoms with Crippen molar-refractivity contribution in [1.29, 1.82) is 0 Å². The van der Waals surface area contributed by atoms with Crippen LogP contribution in [0, 0.1) is 5.92 Å². The molecule has 3 nitrogen and oxygen atoms in total. The van der Waals surface area contributed by atoms with Gasteiger partial charge in [-0.1, -0.05) is 38.1 Å². The average Bonchev–Trinajstić information content (AvgIpc) is 2.43. The smallest absolute Gasteiger partial charge is 0.0928 e. The number of rotatable bonds is 9. The lowest BCUT2D eigenvalue weighted by molar-refractivity contribution is 0.0276. The molecule has 0 saturated heterocycles. The van der Waals surface area contributed by atoms with E-state index >= 15 is 0 Å². The van der Waals surface area contributed by atoms with Gasteiger partial charge >= 0.3 is 0 Å². The van der Waals surface area contributed by atoms with Crippen molar-refractivity contribution in [2.75, 3.05) is 27.4 Å². The summed E-state index contributed by atoms with van der Waals surface area (Å²) in [5.41, 5.74) is 2.72. The summed E-state index contributed by atoms with van der Waals surface area (Å²) in [5.74, 6) is 0.702. The zero-order valence-corrected chi connectivity index (χ0v) is 13.5. The molecule has 1 N–H and O–H groups in total. The lowest BCUT2D eigenvalue weighted by Crippen LogP contribution is -2.33. The Kier molecular flexibility index (Phi) is 7.82. The highest BCUT2D eigenvalue weighted by Crippen LogP contribution is 2.15. The van der Waals surface area contributed by atoms with Gasteiger partial charge in [0.15, 0.2) is 0 Å². The lowest BCUT2D eigenvalue weighted by Gasteiger charge is -2.20. The Morgan fingerprint density at radius 2 is 1.70 bits per heavy atom. The zero-order chi connectivity index (χ0) is 15.0.